The lowest BCUT2D eigenvalue weighted by atomic mass is 10.1. The minimum atomic E-state index is -3.19. The number of carboxylic acids is 1. The lowest BCUT2D eigenvalue weighted by molar-refractivity contribution is -0.141. The summed E-state index contributed by atoms with van der Waals surface area (Å²) in [6.45, 7) is 0. The molecule has 2 unspecified atom stereocenters. The predicted octanol–water partition coefficient (Wildman–Crippen LogP) is 0.583. The molecule has 0 radical (unpaired) electrons. The van der Waals surface area contributed by atoms with Gasteiger partial charge >= 0.3 is 5.97 Å². The van der Waals surface area contributed by atoms with Crippen molar-refractivity contribution in [1.82, 2.24) is 10.1 Å². The Morgan fingerprint density at radius 2 is 2.22 bits per heavy atom. The third-order valence-electron chi connectivity index (χ3n) is 3.01. The number of rotatable bonds is 4. The summed E-state index contributed by atoms with van der Waals surface area (Å²) in [5.41, 5.74) is 0. The number of hydrogen-bond acceptors (Lipinski definition) is 6. The molecule has 100 valence electrons. The first kappa shape index (κ1) is 13.0. The van der Waals surface area contributed by atoms with Gasteiger partial charge in [0, 0.05) is 12.2 Å². The molecule has 0 saturated heterocycles. The molecule has 1 aromatic heterocycles. The first-order valence-corrected chi connectivity index (χ1v) is 7.64. The van der Waals surface area contributed by atoms with Crippen LogP contribution >= 0.6 is 0 Å². The van der Waals surface area contributed by atoms with Gasteiger partial charge in [0.05, 0.1) is 5.92 Å². The maximum Gasteiger partial charge on any atom is 0.306 e. The van der Waals surface area contributed by atoms with E-state index in [9.17, 15) is 13.2 Å². The highest BCUT2D eigenvalue weighted by Crippen LogP contribution is 2.37. The zero-order valence-corrected chi connectivity index (χ0v) is 10.7. The predicted molar refractivity (Wildman–Crippen MR) is 60.6 cm³/mol. The van der Waals surface area contributed by atoms with Crippen molar-refractivity contribution in [3.63, 3.8) is 0 Å². The van der Waals surface area contributed by atoms with Gasteiger partial charge in [-0.05, 0) is 19.3 Å². The van der Waals surface area contributed by atoms with Crippen LogP contribution < -0.4 is 0 Å². The van der Waals surface area contributed by atoms with Crippen molar-refractivity contribution in [2.24, 2.45) is 5.92 Å². The van der Waals surface area contributed by atoms with Gasteiger partial charge in [0.15, 0.2) is 15.7 Å². The van der Waals surface area contributed by atoms with E-state index in [2.05, 4.69) is 10.1 Å². The highest BCUT2D eigenvalue weighted by molar-refractivity contribution is 7.89. The summed E-state index contributed by atoms with van der Waals surface area (Å²) in [6.07, 6.45) is 2.83. The normalized spacial score (nSPS) is 24.3. The van der Waals surface area contributed by atoms with E-state index in [1.165, 1.54) is 0 Å². The second kappa shape index (κ2) is 4.68. The van der Waals surface area contributed by atoms with E-state index < -0.39 is 15.8 Å². The molecular formula is C10H14N2O5S. The van der Waals surface area contributed by atoms with Gasteiger partial charge in [-0.1, -0.05) is 5.16 Å². The first-order chi connectivity index (χ1) is 8.35. The summed E-state index contributed by atoms with van der Waals surface area (Å²) >= 11 is 0. The zero-order chi connectivity index (χ0) is 13.3. The number of hydrogen-bond donors (Lipinski definition) is 1. The van der Waals surface area contributed by atoms with Crippen molar-refractivity contribution < 1.29 is 22.8 Å². The smallest absolute Gasteiger partial charge is 0.306 e. The molecule has 2 rings (SSSR count). The molecule has 2 atom stereocenters. The molecule has 0 spiro atoms. The third kappa shape index (κ3) is 3.06. The summed E-state index contributed by atoms with van der Waals surface area (Å²) in [6, 6.07) is 0. The average molecular weight is 274 g/mol. The van der Waals surface area contributed by atoms with Crippen molar-refractivity contribution in [2.75, 3.05) is 6.26 Å². The van der Waals surface area contributed by atoms with Gasteiger partial charge in [0.25, 0.3) is 0 Å². The minimum Gasteiger partial charge on any atom is -0.481 e. The van der Waals surface area contributed by atoms with Gasteiger partial charge in [0.2, 0.25) is 5.89 Å². The van der Waals surface area contributed by atoms with Crippen LogP contribution in [0.2, 0.25) is 0 Å². The fourth-order valence-electron chi connectivity index (χ4n) is 2.16. The Labute approximate surface area is 104 Å². The molecule has 7 nitrogen and oxygen atoms in total. The molecule has 1 aliphatic rings. The molecule has 1 heterocycles. The second-order valence-electron chi connectivity index (χ2n) is 4.66. The Morgan fingerprint density at radius 3 is 2.78 bits per heavy atom. The molecule has 18 heavy (non-hydrogen) atoms. The summed E-state index contributed by atoms with van der Waals surface area (Å²) in [5, 5.41) is 12.5. The highest BCUT2D eigenvalue weighted by Gasteiger charge is 2.33. The molecule has 1 saturated carbocycles. The molecular weight excluding hydrogens is 260 g/mol. The van der Waals surface area contributed by atoms with E-state index in [0.29, 0.717) is 25.2 Å². The maximum atomic E-state index is 11.1. The maximum absolute atomic E-state index is 11.1. The van der Waals surface area contributed by atoms with Crippen molar-refractivity contribution in [1.29, 1.82) is 0 Å². The SMILES string of the molecule is CS(=O)(=O)Cc1noc(C2CCC(C(=O)O)C2)n1. The molecule has 1 aliphatic carbocycles. The summed E-state index contributed by atoms with van der Waals surface area (Å²) in [7, 11) is -3.19. The van der Waals surface area contributed by atoms with Crippen LogP contribution in [0.4, 0.5) is 0 Å². The number of carbonyl (C=O) groups is 1. The van der Waals surface area contributed by atoms with Crippen LogP contribution in [0.25, 0.3) is 0 Å². The fourth-order valence-corrected chi connectivity index (χ4v) is 2.74. The van der Waals surface area contributed by atoms with Crippen LogP contribution in [0.5, 0.6) is 0 Å². The number of aliphatic carboxylic acids is 1. The molecule has 1 N–H and O–H groups in total. The number of sulfone groups is 1. The van der Waals surface area contributed by atoms with Gasteiger partial charge in [-0.2, -0.15) is 4.98 Å². The quantitative estimate of drug-likeness (QED) is 0.854. The van der Waals surface area contributed by atoms with Crippen molar-refractivity contribution >= 4 is 15.8 Å². The van der Waals surface area contributed by atoms with E-state index in [1.54, 1.807) is 0 Å². The number of carboxylic acid groups (broad SMARTS) is 1. The van der Waals surface area contributed by atoms with E-state index >= 15 is 0 Å². The largest absolute Gasteiger partial charge is 0.481 e. The molecule has 0 bridgehead atoms. The Bertz CT molecular complexity index is 550. The Morgan fingerprint density at radius 1 is 1.50 bits per heavy atom. The average Bonchev–Trinajstić information content (AvgIpc) is 2.81. The van der Waals surface area contributed by atoms with Crippen molar-refractivity contribution in [2.45, 2.75) is 30.9 Å². The Hall–Kier alpha value is -1.44. The zero-order valence-electron chi connectivity index (χ0n) is 9.87. The van der Waals surface area contributed by atoms with Gasteiger partial charge < -0.3 is 9.63 Å². The monoisotopic (exact) mass is 274 g/mol. The van der Waals surface area contributed by atoms with E-state index in [4.69, 9.17) is 9.63 Å². The number of nitrogens with zero attached hydrogens (tertiary/aromatic N) is 2. The third-order valence-corrected chi connectivity index (χ3v) is 3.79. The van der Waals surface area contributed by atoms with Crippen LogP contribution in [0.1, 0.15) is 36.9 Å². The minimum absolute atomic E-state index is 0.0769. The fraction of sp³-hybridized carbons (Fsp3) is 0.700. The molecule has 0 aliphatic heterocycles. The molecule has 0 amide bonds. The molecule has 1 aromatic rings. The number of aromatic nitrogens is 2. The first-order valence-electron chi connectivity index (χ1n) is 5.58. The van der Waals surface area contributed by atoms with Gasteiger partial charge in [0.1, 0.15) is 5.75 Å². The lowest BCUT2D eigenvalue weighted by Crippen LogP contribution is -2.09. The summed E-state index contributed by atoms with van der Waals surface area (Å²) in [4.78, 5) is 14.8. The van der Waals surface area contributed by atoms with Gasteiger partial charge in [-0.25, -0.2) is 8.42 Å². The standard InChI is InChI=1S/C10H14N2O5S/c1-18(15,16)5-8-11-9(17-12-8)6-2-3-7(4-6)10(13)14/h6-7H,2-5H2,1H3,(H,13,14). The van der Waals surface area contributed by atoms with Crippen LogP contribution in [-0.2, 0) is 20.4 Å². The lowest BCUT2D eigenvalue weighted by Gasteiger charge is -2.02. The molecule has 8 heteroatoms. The van der Waals surface area contributed by atoms with Crippen LogP contribution in [-0.4, -0.2) is 35.9 Å². The van der Waals surface area contributed by atoms with E-state index in [-0.39, 0.29) is 23.4 Å². The topological polar surface area (TPSA) is 110 Å². The molecule has 0 aromatic carbocycles. The van der Waals surface area contributed by atoms with Gasteiger partial charge in [-0.3, -0.25) is 4.79 Å². The second-order valence-corrected chi connectivity index (χ2v) is 6.80. The summed E-state index contributed by atoms with van der Waals surface area (Å²) in [5.74, 6) is -1.05. The van der Waals surface area contributed by atoms with E-state index in [0.717, 1.165) is 6.26 Å². The Kier molecular flexibility index (Phi) is 3.38. The Balaban J connectivity index is 2.05. The van der Waals surface area contributed by atoms with Gasteiger partial charge in [-0.15, -0.1) is 0 Å². The van der Waals surface area contributed by atoms with E-state index in [1.807, 2.05) is 0 Å². The van der Waals surface area contributed by atoms with Crippen molar-refractivity contribution in [3.05, 3.63) is 11.7 Å². The summed E-state index contributed by atoms with van der Waals surface area (Å²) < 4.78 is 27.2. The van der Waals surface area contributed by atoms with Crippen molar-refractivity contribution in [3.8, 4) is 0 Å². The van der Waals surface area contributed by atoms with Crippen LogP contribution in [0.15, 0.2) is 4.52 Å². The van der Waals surface area contributed by atoms with Crippen LogP contribution in [0, 0.1) is 5.92 Å². The molecule has 1 fully saturated rings. The van der Waals surface area contributed by atoms with Crippen LogP contribution in [0.3, 0.4) is 0 Å². The highest BCUT2D eigenvalue weighted by atomic mass is 32.2.